The summed E-state index contributed by atoms with van der Waals surface area (Å²) in [7, 11) is 0. The molecule has 3 rings (SSSR count). The lowest BCUT2D eigenvalue weighted by Gasteiger charge is -2.18. The average molecular weight is 328 g/mol. The molecule has 1 heterocycles. The van der Waals surface area contributed by atoms with Crippen LogP contribution in [-0.2, 0) is 6.54 Å². The number of hydrogen-bond acceptors (Lipinski definition) is 3. The molecule has 1 aliphatic rings. The first-order valence-electron chi connectivity index (χ1n) is 8.02. The van der Waals surface area contributed by atoms with Crippen LogP contribution in [0.1, 0.15) is 24.0 Å². The van der Waals surface area contributed by atoms with E-state index in [4.69, 9.17) is 11.6 Å². The number of nitrogens with zero attached hydrogens (tertiary/aromatic N) is 2. The Morgan fingerprint density at radius 2 is 1.87 bits per heavy atom. The summed E-state index contributed by atoms with van der Waals surface area (Å²) in [6, 6.07) is 12.6. The molecule has 1 fully saturated rings. The van der Waals surface area contributed by atoms with Gasteiger partial charge in [0.1, 0.15) is 0 Å². The predicted octanol–water partition coefficient (Wildman–Crippen LogP) is 5.19. The van der Waals surface area contributed by atoms with Gasteiger partial charge < -0.3 is 10.2 Å². The second kappa shape index (κ2) is 7.05. The van der Waals surface area contributed by atoms with Crippen molar-refractivity contribution in [2.75, 3.05) is 23.3 Å². The summed E-state index contributed by atoms with van der Waals surface area (Å²) < 4.78 is 0. The third-order valence-corrected chi connectivity index (χ3v) is 4.75. The molecule has 0 spiro atoms. The maximum absolute atomic E-state index is 6.21. The number of halogens is 1. The fourth-order valence-corrected chi connectivity index (χ4v) is 3.10. The summed E-state index contributed by atoms with van der Waals surface area (Å²) in [4.78, 5) is 6.51. The monoisotopic (exact) mass is 327 g/mol. The Bertz CT molecular complexity index is 689. The molecule has 2 aromatic rings. The third-order valence-electron chi connectivity index (χ3n) is 4.34. The Morgan fingerprint density at radius 3 is 2.52 bits per heavy atom. The van der Waals surface area contributed by atoms with E-state index in [0.717, 1.165) is 28.5 Å². The lowest BCUT2D eigenvalue weighted by atomic mass is 10.1. The molecule has 0 aromatic heterocycles. The van der Waals surface area contributed by atoms with Crippen LogP contribution in [0, 0.1) is 6.92 Å². The summed E-state index contributed by atoms with van der Waals surface area (Å²) in [5, 5.41) is 4.15. The molecule has 2 aromatic carbocycles. The van der Waals surface area contributed by atoms with Crippen molar-refractivity contribution in [2.45, 2.75) is 26.3 Å². The fraction of sp³-hybridized carbons (Fsp3) is 0.316. The van der Waals surface area contributed by atoms with Crippen LogP contribution in [0.15, 0.2) is 41.4 Å². The third kappa shape index (κ3) is 3.67. The maximum Gasteiger partial charge on any atom is 0.0857 e. The van der Waals surface area contributed by atoms with Crippen molar-refractivity contribution in [2.24, 2.45) is 4.99 Å². The van der Waals surface area contributed by atoms with Crippen LogP contribution < -0.4 is 10.2 Å². The van der Waals surface area contributed by atoms with Gasteiger partial charge in [0.15, 0.2) is 0 Å². The first kappa shape index (κ1) is 15.9. The molecule has 1 saturated heterocycles. The zero-order valence-electron chi connectivity index (χ0n) is 13.5. The molecule has 3 nitrogen and oxygen atoms in total. The molecule has 0 aliphatic carbocycles. The van der Waals surface area contributed by atoms with Gasteiger partial charge in [0.25, 0.3) is 0 Å². The highest BCUT2D eigenvalue weighted by molar-refractivity contribution is 6.31. The Morgan fingerprint density at radius 1 is 1.17 bits per heavy atom. The smallest absolute Gasteiger partial charge is 0.0857 e. The Labute approximate surface area is 143 Å². The van der Waals surface area contributed by atoms with Crippen molar-refractivity contribution < 1.29 is 0 Å². The van der Waals surface area contributed by atoms with Gasteiger partial charge in [0.05, 0.1) is 11.4 Å². The molecule has 120 valence electrons. The van der Waals surface area contributed by atoms with Crippen LogP contribution in [0.2, 0.25) is 5.02 Å². The molecule has 1 N–H and O–H groups in total. The zero-order valence-corrected chi connectivity index (χ0v) is 14.2. The van der Waals surface area contributed by atoms with Gasteiger partial charge >= 0.3 is 0 Å². The van der Waals surface area contributed by atoms with E-state index in [1.54, 1.807) is 0 Å². The first-order valence-corrected chi connectivity index (χ1v) is 8.40. The van der Waals surface area contributed by atoms with E-state index >= 15 is 0 Å². The van der Waals surface area contributed by atoms with Gasteiger partial charge in [-0.3, -0.25) is 4.99 Å². The molecule has 0 saturated carbocycles. The molecular formula is C19H22ClN3. The number of hydrogen-bond donors (Lipinski definition) is 1. The van der Waals surface area contributed by atoms with E-state index in [9.17, 15) is 0 Å². The predicted molar refractivity (Wildman–Crippen MR) is 101 cm³/mol. The Balaban J connectivity index is 1.68. The van der Waals surface area contributed by atoms with Crippen LogP contribution in [0.4, 0.5) is 17.1 Å². The van der Waals surface area contributed by atoms with Gasteiger partial charge in [-0.1, -0.05) is 23.7 Å². The van der Waals surface area contributed by atoms with Crippen LogP contribution in [0.25, 0.3) is 0 Å². The molecule has 0 amide bonds. The van der Waals surface area contributed by atoms with Crippen LogP contribution in [0.5, 0.6) is 0 Å². The molecule has 1 aliphatic heterocycles. The van der Waals surface area contributed by atoms with Gasteiger partial charge in [-0.15, -0.1) is 0 Å². The molecule has 0 radical (unpaired) electrons. The largest absolute Gasteiger partial charge is 0.379 e. The van der Waals surface area contributed by atoms with E-state index < -0.39 is 0 Å². The van der Waals surface area contributed by atoms with Gasteiger partial charge in [-0.2, -0.15) is 0 Å². The lowest BCUT2D eigenvalue weighted by Crippen LogP contribution is -2.17. The van der Waals surface area contributed by atoms with E-state index in [1.165, 1.54) is 37.2 Å². The van der Waals surface area contributed by atoms with Crippen LogP contribution >= 0.6 is 11.6 Å². The molecular weight excluding hydrogens is 306 g/mol. The molecule has 23 heavy (non-hydrogen) atoms. The number of rotatable bonds is 5. The number of aliphatic imine (C=N–C) groups is 1. The van der Waals surface area contributed by atoms with Crippen molar-refractivity contribution in [3.63, 3.8) is 0 Å². The van der Waals surface area contributed by atoms with Crippen molar-refractivity contribution >= 4 is 35.4 Å². The topological polar surface area (TPSA) is 27.6 Å². The minimum Gasteiger partial charge on any atom is -0.379 e. The maximum atomic E-state index is 6.21. The summed E-state index contributed by atoms with van der Waals surface area (Å²) in [6.07, 6.45) is 2.60. The summed E-state index contributed by atoms with van der Waals surface area (Å²) in [5.74, 6) is 0. The van der Waals surface area contributed by atoms with E-state index in [-0.39, 0.29) is 0 Å². The summed E-state index contributed by atoms with van der Waals surface area (Å²) in [6.45, 7) is 8.69. The van der Waals surface area contributed by atoms with E-state index in [1.807, 2.05) is 19.1 Å². The van der Waals surface area contributed by atoms with Crippen LogP contribution in [-0.4, -0.2) is 19.8 Å². The van der Waals surface area contributed by atoms with Crippen LogP contribution in [0.3, 0.4) is 0 Å². The Kier molecular flexibility index (Phi) is 4.87. The number of anilines is 2. The van der Waals surface area contributed by atoms with Crippen molar-refractivity contribution in [1.82, 2.24) is 0 Å². The minimum absolute atomic E-state index is 0.738. The van der Waals surface area contributed by atoms with E-state index in [2.05, 4.69) is 46.2 Å². The second-order valence-corrected chi connectivity index (χ2v) is 6.40. The quantitative estimate of drug-likeness (QED) is 0.765. The van der Waals surface area contributed by atoms with Gasteiger partial charge in [-0.05, 0) is 61.9 Å². The molecule has 4 heteroatoms. The minimum atomic E-state index is 0.738. The number of nitrogens with one attached hydrogen (secondary N) is 1. The van der Waals surface area contributed by atoms with Gasteiger partial charge in [0.2, 0.25) is 0 Å². The zero-order chi connectivity index (χ0) is 16.2. The van der Waals surface area contributed by atoms with Crippen molar-refractivity contribution in [3.8, 4) is 0 Å². The SMILES string of the molecule is C=Nc1cc(C)c(Cl)cc1NCc1ccc(N2CCCC2)cc1. The van der Waals surface area contributed by atoms with Crippen molar-refractivity contribution in [1.29, 1.82) is 0 Å². The second-order valence-electron chi connectivity index (χ2n) is 5.99. The summed E-state index contributed by atoms with van der Waals surface area (Å²) in [5.41, 5.74) is 5.31. The number of benzene rings is 2. The standard InChI is InChI=1S/C19H22ClN3/c1-14-11-18(21-2)19(12-17(14)20)22-13-15-5-7-16(8-6-15)23-9-3-4-10-23/h5-8,11-12,22H,2-4,9-10,13H2,1H3. The fourth-order valence-electron chi connectivity index (χ4n) is 2.94. The van der Waals surface area contributed by atoms with Crippen molar-refractivity contribution in [3.05, 3.63) is 52.5 Å². The molecule has 0 atom stereocenters. The summed E-state index contributed by atoms with van der Waals surface area (Å²) >= 11 is 6.21. The highest BCUT2D eigenvalue weighted by atomic mass is 35.5. The molecule has 0 bridgehead atoms. The number of aryl methyl sites for hydroxylation is 1. The Hall–Kier alpha value is -2.00. The highest BCUT2D eigenvalue weighted by Crippen LogP contribution is 2.31. The van der Waals surface area contributed by atoms with E-state index in [0.29, 0.717) is 0 Å². The molecule has 0 unspecified atom stereocenters. The average Bonchev–Trinajstić information content (AvgIpc) is 3.10. The highest BCUT2D eigenvalue weighted by Gasteiger charge is 2.11. The van der Waals surface area contributed by atoms with Gasteiger partial charge in [0, 0.05) is 30.3 Å². The normalized spacial score (nSPS) is 14.1. The first-order chi connectivity index (χ1) is 11.2. The van der Waals surface area contributed by atoms with Gasteiger partial charge in [-0.25, -0.2) is 0 Å². The lowest BCUT2D eigenvalue weighted by molar-refractivity contribution is 0.949.